The summed E-state index contributed by atoms with van der Waals surface area (Å²) in [5.41, 5.74) is 0.480. The maximum Gasteiger partial charge on any atom is 0.254 e. The number of rotatable bonds is 7. The highest BCUT2D eigenvalue weighted by atomic mass is 32.2. The van der Waals surface area contributed by atoms with Crippen LogP contribution in [0.25, 0.3) is 0 Å². The molecule has 9 heteroatoms. The number of carbonyl (C=O) groups is 1. The average Bonchev–Trinajstić information content (AvgIpc) is 2.65. The highest BCUT2D eigenvalue weighted by molar-refractivity contribution is 7.89. The molecule has 1 aliphatic rings. The van der Waals surface area contributed by atoms with Crippen molar-refractivity contribution in [3.05, 3.63) is 23.8 Å². The molecule has 8 nitrogen and oxygen atoms in total. The van der Waals surface area contributed by atoms with E-state index in [9.17, 15) is 13.2 Å². The second kappa shape index (κ2) is 8.50. The fraction of sp³-hybridized carbons (Fsp3) is 0.562. The Morgan fingerprint density at radius 2 is 1.68 bits per heavy atom. The summed E-state index contributed by atoms with van der Waals surface area (Å²) in [7, 11) is 1.16. The van der Waals surface area contributed by atoms with E-state index in [1.807, 2.05) is 0 Å². The van der Waals surface area contributed by atoms with Crippen LogP contribution in [0.3, 0.4) is 0 Å². The molecule has 0 atom stereocenters. The first-order valence-corrected chi connectivity index (χ1v) is 9.52. The number of nitrogens with zero attached hydrogens (tertiary/aromatic N) is 2. The molecule has 0 bridgehead atoms. The first-order chi connectivity index (χ1) is 11.9. The molecule has 0 aromatic heterocycles. The van der Waals surface area contributed by atoms with Gasteiger partial charge in [0, 0.05) is 38.9 Å². The molecule has 1 aromatic carbocycles. The molecule has 1 aliphatic heterocycles. The molecule has 0 unspecified atom stereocenters. The van der Waals surface area contributed by atoms with Crippen LogP contribution in [0.2, 0.25) is 0 Å². The van der Waals surface area contributed by atoms with Crippen molar-refractivity contribution in [3.8, 4) is 11.5 Å². The van der Waals surface area contributed by atoms with Crippen molar-refractivity contribution in [3.63, 3.8) is 0 Å². The number of sulfonamides is 1. The molecule has 0 radical (unpaired) electrons. The number of ether oxygens (including phenoxy) is 3. The maximum atomic E-state index is 12.6. The van der Waals surface area contributed by atoms with Crippen LogP contribution in [-0.4, -0.2) is 83.4 Å². The first kappa shape index (κ1) is 19.5. The smallest absolute Gasteiger partial charge is 0.254 e. The van der Waals surface area contributed by atoms with E-state index in [4.69, 9.17) is 14.2 Å². The number of hydrogen-bond acceptors (Lipinski definition) is 6. The largest absolute Gasteiger partial charge is 0.493 e. The maximum absolute atomic E-state index is 12.6. The van der Waals surface area contributed by atoms with Gasteiger partial charge >= 0.3 is 0 Å². The predicted molar refractivity (Wildman–Crippen MR) is 92.7 cm³/mol. The normalized spacial score (nSPS) is 15.9. The van der Waals surface area contributed by atoms with Gasteiger partial charge in [0.25, 0.3) is 5.91 Å². The zero-order chi connectivity index (χ0) is 18.4. The summed E-state index contributed by atoms with van der Waals surface area (Å²) in [6.45, 7) is 1.42. The van der Waals surface area contributed by atoms with Crippen LogP contribution in [0.4, 0.5) is 0 Å². The zero-order valence-electron chi connectivity index (χ0n) is 14.7. The van der Waals surface area contributed by atoms with Crippen molar-refractivity contribution >= 4 is 15.9 Å². The van der Waals surface area contributed by atoms with Crippen LogP contribution >= 0.6 is 0 Å². The van der Waals surface area contributed by atoms with Crippen LogP contribution in [0.1, 0.15) is 10.4 Å². The van der Waals surface area contributed by atoms with E-state index < -0.39 is 10.0 Å². The van der Waals surface area contributed by atoms with Crippen LogP contribution in [0, 0.1) is 0 Å². The van der Waals surface area contributed by atoms with E-state index in [2.05, 4.69) is 0 Å². The Bertz CT molecular complexity index is 699. The summed E-state index contributed by atoms with van der Waals surface area (Å²) in [4.78, 5) is 14.3. The second-order valence-corrected chi connectivity index (χ2v) is 7.66. The van der Waals surface area contributed by atoms with E-state index in [-0.39, 0.29) is 31.4 Å². The number of piperazine rings is 1. The van der Waals surface area contributed by atoms with Gasteiger partial charge in [0.05, 0.1) is 26.6 Å². The molecule has 25 heavy (non-hydrogen) atoms. The van der Waals surface area contributed by atoms with Crippen molar-refractivity contribution in [1.82, 2.24) is 9.21 Å². The van der Waals surface area contributed by atoms with Crippen molar-refractivity contribution < 1.29 is 27.4 Å². The fourth-order valence-corrected chi connectivity index (χ4v) is 3.99. The second-order valence-electron chi connectivity index (χ2n) is 5.57. The van der Waals surface area contributed by atoms with E-state index in [0.717, 1.165) is 0 Å². The van der Waals surface area contributed by atoms with Gasteiger partial charge in [-0.25, -0.2) is 8.42 Å². The summed E-state index contributed by atoms with van der Waals surface area (Å²) in [5, 5.41) is 0. The van der Waals surface area contributed by atoms with Gasteiger partial charge in [-0.15, -0.1) is 0 Å². The molecular weight excluding hydrogens is 348 g/mol. The van der Waals surface area contributed by atoms with Crippen molar-refractivity contribution in [2.75, 3.05) is 59.9 Å². The van der Waals surface area contributed by atoms with E-state index in [1.165, 1.54) is 25.6 Å². The van der Waals surface area contributed by atoms with Crippen LogP contribution < -0.4 is 9.47 Å². The van der Waals surface area contributed by atoms with Gasteiger partial charge in [-0.1, -0.05) is 0 Å². The minimum Gasteiger partial charge on any atom is -0.493 e. The lowest BCUT2D eigenvalue weighted by Gasteiger charge is -2.34. The number of benzene rings is 1. The van der Waals surface area contributed by atoms with E-state index in [1.54, 1.807) is 23.1 Å². The third-order valence-corrected chi connectivity index (χ3v) is 5.93. The van der Waals surface area contributed by atoms with Gasteiger partial charge in [0.1, 0.15) is 0 Å². The Balaban J connectivity index is 2.02. The third kappa shape index (κ3) is 4.62. The molecular formula is C16H24N2O6S. The highest BCUT2D eigenvalue weighted by Crippen LogP contribution is 2.28. The zero-order valence-corrected chi connectivity index (χ0v) is 15.5. The number of amides is 1. The molecule has 1 heterocycles. The van der Waals surface area contributed by atoms with Crippen LogP contribution in [-0.2, 0) is 14.8 Å². The Morgan fingerprint density at radius 1 is 1.04 bits per heavy atom. The van der Waals surface area contributed by atoms with Gasteiger partial charge < -0.3 is 19.1 Å². The minimum absolute atomic E-state index is 0.0485. The van der Waals surface area contributed by atoms with Crippen LogP contribution in [0.5, 0.6) is 11.5 Å². The predicted octanol–water partition coefficient (Wildman–Crippen LogP) is 0.438. The molecule has 1 aromatic rings. The lowest BCUT2D eigenvalue weighted by molar-refractivity contribution is 0.0697. The standard InChI is InChI=1S/C16H24N2O6S/c1-22-10-11-25(20,21)18-8-6-17(7-9-18)16(19)13-4-5-14(23-2)15(12-13)24-3/h4-5,12H,6-11H2,1-3H3. The molecule has 0 spiro atoms. The van der Waals surface area contributed by atoms with Crippen LogP contribution in [0.15, 0.2) is 18.2 Å². The van der Waals surface area contributed by atoms with Gasteiger partial charge in [0.2, 0.25) is 10.0 Å². The molecule has 140 valence electrons. The average molecular weight is 372 g/mol. The summed E-state index contributed by atoms with van der Waals surface area (Å²) >= 11 is 0. The molecule has 0 N–H and O–H groups in total. The molecule has 1 saturated heterocycles. The van der Waals surface area contributed by atoms with E-state index >= 15 is 0 Å². The number of hydrogen-bond donors (Lipinski definition) is 0. The van der Waals surface area contributed by atoms with Gasteiger partial charge in [-0.05, 0) is 18.2 Å². The quantitative estimate of drug-likeness (QED) is 0.690. The third-order valence-electron chi connectivity index (χ3n) is 4.10. The van der Waals surface area contributed by atoms with Gasteiger partial charge in [-0.2, -0.15) is 4.31 Å². The van der Waals surface area contributed by atoms with Gasteiger partial charge in [0.15, 0.2) is 11.5 Å². The minimum atomic E-state index is -3.35. The molecule has 0 saturated carbocycles. The summed E-state index contributed by atoms with van der Waals surface area (Å²) in [6.07, 6.45) is 0. The molecule has 1 amide bonds. The molecule has 1 fully saturated rings. The Morgan fingerprint density at radius 3 is 2.24 bits per heavy atom. The lowest BCUT2D eigenvalue weighted by atomic mass is 10.1. The van der Waals surface area contributed by atoms with Crippen molar-refractivity contribution in [2.24, 2.45) is 0 Å². The lowest BCUT2D eigenvalue weighted by Crippen LogP contribution is -2.51. The van der Waals surface area contributed by atoms with E-state index in [0.29, 0.717) is 30.2 Å². The van der Waals surface area contributed by atoms with Gasteiger partial charge in [-0.3, -0.25) is 4.79 Å². The topological polar surface area (TPSA) is 85.4 Å². The fourth-order valence-electron chi connectivity index (χ4n) is 2.64. The first-order valence-electron chi connectivity index (χ1n) is 7.91. The molecule has 0 aliphatic carbocycles. The highest BCUT2D eigenvalue weighted by Gasteiger charge is 2.29. The summed E-state index contributed by atoms with van der Waals surface area (Å²) in [5.74, 6) is 0.824. The Labute approximate surface area is 148 Å². The Hall–Kier alpha value is -1.84. The Kier molecular flexibility index (Phi) is 6.63. The number of carbonyl (C=O) groups excluding carboxylic acids is 1. The summed E-state index contributed by atoms with van der Waals surface area (Å²) < 4.78 is 40.9. The van der Waals surface area contributed by atoms with Crippen molar-refractivity contribution in [1.29, 1.82) is 0 Å². The van der Waals surface area contributed by atoms with Crippen molar-refractivity contribution in [2.45, 2.75) is 0 Å². The summed E-state index contributed by atoms with van der Waals surface area (Å²) in [6, 6.07) is 4.98. The molecule has 2 rings (SSSR count). The number of methoxy groups -OCH3 is 3. The monoisotopic (exact) mass is 372 g/mol. The SMILES string of the molecule is COCCS(=O)(=O)N1CCN(C(=O)c2ccc(OC)c(OC)c2)CC1.